The first-order chi connectivity index (χ1) is 15.0. The second-order valence-electron chi connectivity index (χ2n) is 6.86. The molecule has 0 fully saturated rings. The average molecular weight is 484 g/mol. The monoisotopic (exact) mass is 483 g/mol. The maximum Gasteiger partial charge on any atom is 0.255 e. The summed E-state index contributed by atoms with van der Waals surface area (Å²) in [5.41, 5.74) is 2.56. The molecule has 1 aliphatic heterocycles. The van der Waals surface area contributed by atoms with Crippen LogP contribution in [-0.2, 0) is 4.79 Å². The smallest absolute Gasteiger partial charge is 0.255 e. The lowest BCUT2D eigenvalue weighted by molar-refractivity contribution is -0.113. The van der Waals surface area contributed by atoms with E-state index in [0.717, 1.165) is 10.0 Å². The van der Waals surface area contributed by atoms with Crippen LogP contribution in [0.2, 0.25) is 0 Å². The van der Waals surface area contributed by atoms with Crippen LogP contribution in [-0.4, -0.2) is 34.4 Å². The summed E-state index contributed by atoms with van der Waals surface area (Å²) >= 11 is 3.54. The Bertz CT molecular complexity index is 1160. The minimum absolute atomic E-state index is 0.275. The summed E-state index contributed by atoms with van der Waals surface area (Å²) < 4.78 is 13.8. The van der Waals surface area contributed by atoms with Gasteiger partial charge in [0, 0.05) is 15.7 Å². The molecule has 0 aliphatic carbocycles. The third kappa shape index (κ3) is 4.00. The zero-order valence-electron chi connectivity index (χ0n) is 17.3. The fourth-order valence-electron chi connectivity index (χ4n) is 3.63. The number of hydrogen-bond acceptors (Lipinski definition) is 6. The molecule has 0 unspecified atom stereocenters. The fraction of sp³-hybridized carbons (Fsp3) is 0.227. The molecular weight excluding hydrogens is 462 g/mol. The van der Waals surface area contributed by atoms with Gasteiger partial charge in [-0.25, -0.2) is 4.68 Å². The van der Waals surface area contributed by atoms with E-state index >= 15 is 0 Å². The van der Waals surface area contributed by atoms with Gasteiger partial charge in [-0.1, -0.05) is 28.1 Å². The normalized spacial score (nSPS) is 15.2. The number of benzene rings is 2. The number of rotatable bonds is 6. The Morgan fingerprint density at radius 2 is 2.06 bits per heavy atom. The van der Waals surface area contributed by atoms with Gasteiger partial charge in [-0.3, -0.25) is 4.79 Å². The van der Waals surface area contributed by atoms with Crippen LogP contribution in [0.3, 0.4) is 0 Å². The Labute approximate surface area is 188 Å². The molecule has 2 N–H and O–H groups in total. The first kappa shape index (κ1) is 20.9. The number of nitrogens with zero attached hydrogens (tertiary/aromatic N) is 3. The van der Waals surface area contributed by atoms with Gasteiger partial charge in [0.05, 0.1) is 25.0 Å². The summed E-state index contributed by atoms with van der Waals surface area (Å²) in [5.74, 6) is 1.53. The lowest BCUT2D eigenvalue weighted by Crippen LogP contribution is -2.32. The quantitative estimate of drug-likeness (QED) is 0.540. The molecule has 0 spiro atoms. The number of anilines is 2. The van der Waals surface area contributed by atoms with Crippen LogP contribution in [0.4, 0.5) is 11.6 Å². The number of fused-ring (bicyclic) bond motifs is 1. The van der Waals surface area contributed by atoms with Gasteiger partial charge in [-0.15, -0.1) is 0 Å². The van der Waals surface area contributed by atoms with Crippen molar-refractivity contribution in [2.24, 2.45) is 0 Å². The highest BCUT2D eigenvalue weighted by Gasteiger charge is 2.35. The maximum atomic E-state index is 13.5. The van der Waals surface area contributed by atoms with Crippen LogP contribution in [0.25, 0.3) is 0 Å². The third-order valence-corrected chi connectivity index (χ3v) is 5.45. The lowest BCUT2D eigenvalue weighted by Gasteiger charge is -2.30. The van der Waals surface area contributed by atoms with E-state index in [-0.39, 0.29) is 5.91 Å². The summed E-state index contributed by atoms with van der Waals surface area (Å²) in [6.45, 7) is 4.27. The Morgan fingerprint density at radius 1 is 1.26 bits per heavy atom. The fourth-order valence-corrected chi connectivity index (χ4v) is 4.01. The molecule has 9 heteroatoms. The molecule has 3 aromatic rings. The number of methoxy groups -OCH3 is 1. The van der Waals surface area contributed by atoms with Crippen molar-refractivity contribution in [2.45, 2.75) is 19.9 Å². The number of hydrogen-bond donors (Lipinski definition) is 2. The van der Waals surface area contributed by atoms with Crippen molar-refractivity contribution in [3.05, 3.63) is 70.1 Å². The van der Waals surface area contributed by atoms with Crippen LogP contribution >= 0.6 is 15.9 Å². The summed E-state index contributed by atoms with van der Waals surface area (Å²) in [4.78, 5) is 17.8. The van der Waals surface area contributed by atoms with E-state index in [1.165, 1.54) is 6.33 Å². The SMILES string of the molecule is CCOc1ccc(Br)cc1[C@@H]1C(C(=O)Nc2ccccc2OC)=C(C)Nc2ncnn21. The minimum atomic E-state index is -0.535. The second-order valence-corrected chi connectivity index (χ2v) is 7.78. The van der Waals surface area contributed by atoms with Gasteiger partial charge in [0.15, 0.2) is 0 Å². The predicted octanol–water partition coefficient (Wildman–Crippen LogP) is 4.38. The summed E-state index contributed by atoms with van der Waals surface area (Å²) in [7, 11) is 1.57. The minimum Gasteiger partial charge on any atom is -0.495 e. The molecule has 2 heterocycles. The zero-order valence-corrected chi connectivity index (χ0v) is 18.9. The first-order valence-electron chi connectivity index (χ1n) is 9.77. The number of carbonyl (C=O) groups is 1. The number of halogens is 1. The van der Waals surface area contributed by atoms with Gasteiger partial charge in [0.25, 0.3) is 5.91 Å². The van der Waals surface area contributed by atoms with Crippen LogP contribution in [0.5, 0.6) is 11.5 Å². The molecule has 8 nitrogen and oxygen atoms in total. The zero-order chi connectivity index (χ0) is 22.0. The summed E-state index contributed by atoms with van der Waals surface area (Å²) in [6.07, 6.45) is 1.46. The van der Waals surface area contributed by atoms with Gasteiger partial charge in [0.1, 0.15) is 23.9 Å². The molecular formula is C22H22BrN5O3. The molecule has 31 heavy (non-hydrogen) atoms. The number of carbonyl (C=O) groups excluding carboxylic acids is 1. The van der Waals surface area contributed by atoms with Gasteiger partial charge in [-0.2, -0.15) is 10.1 Å². The Kier molecular flexibility index (Phi) is 5.94. The van der Waals surface area contributed by atoms with Gasteiger partial charge >= 0.3 is 0 Å². The van der Waals surface area contributed by atoms with Crippen molar-refractivity contribution in [1.29, 1.82) is 0 Å². The number of para-hydroxylation sites is 2. The standard InChI is InChI=1S/C22H22BrN5O3/c1-4-31-17-10-9-14(23)11-15(17)20-19(13(2)26-22-24-12-25-28(20)22)21(29)27-16-7-5-6-8-18(16)30-3/h5-12,20H,4H2,1-3H3,(H,27,29)(H,24,25,26)/t20-/m1/s1. The van der Waals surface area contributed by atoms with Gasteiger partial charge < -0.3 is 20.1 Å². The molecule has 2 aromatic carbocycles. The highest BCUT2D eigenvalue weighted by molar-refractivity contribution is 9.10. The number of nitrogens with one attached hydrogen (secondary N) is 2. The Hall–Kier alpha value is -3.33. The van der Waals surface area contributed by atoms with E-state index < -0.39 is 6.04 Å². The van der Waals surface area contributed by atoms with E-state index in [4.69, 9.17) is 9.47 Å². The van der Waals surface area contributed by atoms with Gasteiger partial charge in [-0.05, 0) is 44.2 Å². The summed E-state index contributed by atoms with van der Waals surface area (Å²) in [5, 5.41) is 10.5. The lowest BCUT2D eigenvalue weighted by atomic mass is 9.94. The number of amides is 1. The van der Waals surface area contributed by atoms with Crippen LogP contribution in [0, 0.1) is 0 Å². The van der Waals surface area contributed by atoms with Crippen LogP contribution < -0.4 is 20.1 Å². The molecule has 1 aliphatic rings. The topological polar surface area (TPSA) is 90.3 Å². The number of allylic oxidation sites excluding steroid dienone is 1. The first-order valence-corrected chi connectivity index (χ1v) is 10.6. The highest BCUT2D eigenvalue weighted by Crippen LogP contribution is 2.40. The van der Waals surface area contributed by atoms with E-state index in [0.29, 0.717) is 41.0 Å². The van der Waals surface area contributed by atoms with Crippen LogP contribution in [0.1, 0.15) is 25.5 Å². The second kappa shape index (κ2) is 8.81. The average Bonchev–Trinajstić information content (AvgIpc) is 3.22. The van der Waals surface area contributed by atoms with Crippen molar-refractivity contribution in [1.82, 2.24) is 14.8 Å². The number of ether oxygens (including phenoxy) is 2. The highest BCUT2D eigenvalue weighted by atomic mass is 79.9. The molecule has 0 saturated carbocycles. The van der Waals surface area contributed by atoms with Crippen molar-refractivity contribution in [3.63, 3.8) is 0 Å². The van der Waals surface area contributed by atoms with Crippen molar-refractivity contribution < 1.29 is 14.3 Å². The van der Waals surface area contributed by atoms with Gasteiger partial charge in [0.2, 0.25) is 5.95 Å². The van der Waals surface area contributed by atoms with Crippen molar-refractivity contribution in [2.75, 3.05) is 24.4 Å². The maximum absolute atomic E-state index is 13.5. The van der Waals surface area contributed by atoms with E-state index in [2.05, 4.69) is 36.6 Å². The molecule has 1 amide bonds. The molecule has 1 aromatic heterocycles. The third-order valence-electron chi connectivity index (χ3n) is 4.96. The van der Waals surface area contributed by atoms with Crippen LogP contribution in [0.15, 0.2) is 64.5 Å². The summed E-state index contributed by atoms with van der Waals surface area (Å²) in [6, 6.07) is 12.5. The predicted molar refractivity (Wildman–Crippen MR) is 121 cm³/mol. The van der Waals surface area contributed by atoms with E-state index in [1.807, 2.05) is 44.2 Å². The molecule has 4 rings (SSSR count). The molecule has 0 radical (unpaired) electrons. The van der Waals surface area contributed by atoms with Crippen molar-refractivity contribution in [3.8, 4) is 11.5 Å². The van der Waals surface area contributed by atoms with E-state index in [9.17, 15) is 4.79 Å². The Balaban J connectivity index is 1.82. The molecule has 160 valence electrons. The molecule has 0 bridgehead atoms. The van der Waals surface area contributed by atoms with Crippen molar-refractivity contribution >= 4 is 33.5 Å². The number of aromatic nitrogens is 3. The van der Waals surface area contributed by atoms with E-state index in [1.54, 1.807) is 23.9 Å². The Morgan fingerprint density at radius 3 is 2.84 bits per heavy atom. The molecule has 0 saturated heterocycles. The molecule has 1 atom stereocenters. The largest absolute Gasteiger partial charge is 0.495 e.